The lowest BCUT2D eigenvalue weighted by Gasteiger charge is -2.26. The number of nitrogens with zero attached hydrogens (tertiary/aromatic N) is 1. The van der Waals surface area contributed by atoms with E-state index in [0.717, 1.165) is 23.9 Å². The topological polar surface area (TPSA) is 15.3 Å². The summed E-state index contributed by atoms with van der Waals surface area (Å²) in [6.45, 7) is 10.9. The standard InChI is InChI=1S/C19H32N2S/c1-5-7-9-13-21(14-10-8-6-2)19(22)20-18-12-11-16(3)17(4)15-18/h11-12,15H,5-10,13-14H2,1-4H3,(H,20,22). The summed E-state index contributed by atoms with van der Waals surface area (Å²) < 4.78 is 0. The Kier molecular flexibility index (Phi) is 9.14. The molecule has 22 heavy (non-hydrogen) atoms. The van der Waals surface area contributed by atoms with Crippen LogP contribution in [0, 0.1) is 13.8 Å². The Hall–Kier alpha value is -1.09. The number of anilines is 1. The van der Waals surface area contributed by atoms with Crippen molar-refractivity contribution in [2.24, 2.45) is 0 Å². The van der Waals surface area contributed by atoms with Crippen molar-refractivity contribution in [2.75, 3.05) is 18.4 Å². The summed E-state index contributed by atoms with van der Waals surface area (Å²) in [6.07, 6.45) is 7.49. The summed E-state index contributed by atoms with van der Waals surface area (Å²) in [5.41, 5.74) is 3.72. The minimum atomic E-state index is 0.871. The first kappa shape index (κ1) is 19.0. The smallest absolute Gasteiger partial charge is 0.173 e. The maximum absolute atomic E-state index is 5.65. The van der Waals surface area contributed by atoms with E-state index in [4.69, 9.17) is 12.2 Å². The van der Waals surface area contributed by atoms with Gasteiger partial charge in [-0.2, -0.15) is 0 Å². The van der Waals surface area contributed by atoms with Crippen LogP contribution in [0.15, 0.2) is 18.2 Å². The van der Waals surface area contributed by atoms with E-state index in [1.54, 1.807) is 0 Å². The molecule has 0 spiro atoms. The minimum Gasteiger partial charge on any atom is -0.349 e. The molecular formula is C19H32N2S. The fraction of sp³-hybridized carbons (Fsp3) is 0.632. The molecule has 0 saturated carbocycles. The first-order valence-electron chi connectivity index (χ1n) is 8.71. The van der Waals surface area contributed by atoms with E-state index in [-0.39, 0.29) is 0 Å². The molecule has 0 fully saturated rings. The third kappa shape index (κ3) is 6.78. The van der Waals surface area contributed by atoms with E-state index in [1.807, 2.05) is 0 Å². The molecule has 0 bridgehead atoms. The highest BCUT2D eigenvalue weighted by Crippen LogP contribution is 2.15. The number of unbranched alkanes of at least 4 members (excludes halogenated alkanes) is 4. The average Bonchev–Trinajstić information content (AvgIpc) is 2.49. The predicted molar refractivity (Wildman–Crippen MR) is 103 cm³/mol. The van der Waals surface area contributed by atoms with Gasteiger partial charge in [0.2, 0.25) is 0 Å². The molecular weight excluding hydrogens is 288 g/mol. The highest BCUT2D eigenvalue weighted by atomic mass is 32.1. The van der Waals surface area contributed by atoms with Crippen molar-refractivity contribution in [2.45, 2.75) is 66.2 Å². The van der Waals surface area contributed by atoms with Crippen molar-refractivity contribution in [1.29, 1.82) is 0 Å². The van der Waals surface area contributed by atoms with Gasteiger partial charge in [-0.05, 0) is 62.2 Å². The van der Waals surface area contributed by atoms with E-state index in [1.165, 1.54) is 49.7 Å². The summed E-state index contributed by atoms with van der Waals surface area (Å²) in [4.78, 5) is 2.34. The maximum atomic E-state index is 5.65. The Bertz CT molecular complexity index is 447. The van der Waals surface area contributed by atoms with Gasteiger partial charge in [0.1, 0.15) is 0 Å². The fourth-order valence-corrected chi connectivity index (χ4v) is 2.74. The van der Waals surface area contributed by atoms with Gasteiger partial charge in [0, 0.05) is 18.8 Å². The van der Waals surface area contributed by atoms with Crippen LogP contribution in [0.3, 0.4) is 0 Å². The van der Waals surface area contributed by atoms with Crippen LogP contribution in [-0.4, -0.2) is 23.1 Å². The van der Waals surface area contributed by atoms with Crippen molar-refractivity contribution in [3.05, 3.63) is 29.3 Å². The Labute approximate surface area is 142 Å². The molecule has 2 nitrogen and oxygen atoms in total. The molecule has 0 radical (unpaired) electrons. The summed E-state index contributed by atoms with van der Waals surface area (Å²) >= 11 is 5.65. The van der Waals surface area contributed by atoms with Gasteiger partial charge < -0.3 is 10.2 Å². The zero-order valence-corrected chi connectivity index (χ0v) is 15.6. The Morgan fingerprint density at radius 1 is 0.955 bits per heavy atom. The number of nitrogens with one attached hydrogen (secondary N) is 1. The second-order valence-electron chi connectivity index (χ2n) is 6.13. The van der Waals surface area contributed by atoms with Gasteiger partial charge >= 0.3 is 0 Å². The molecule has 0 aromatic heterocycles. The number of thiocarbonyl (C=S) groups is 1. The molecule has 1 aromatic rings. The lowest BCUT2D eigenvalue weighted by atomic mass is 10.1. The van der Waals surface area contributed by atoms with E-state index in [2.05, 4.69) is 56.1 Å². The van der Waals surface area contributed by atoms with Crippen LogP contribution in [0.1, 0.15) is 63.5 Å². The normalized spacial score (nSPS) is 10.5. The van der Waals surface area contributed by atoms with Gasteiger partial charge in [0.15, 0.2) is 5.11 Å². The van der Waals surface area contributed by atoms with Crippen LogP contribution < -0.4 is 5.32 Å². The lowest BCUT2D eigenvalue weighted by Crippen LogP contribution is -2.36. The van der Waals surface area contributed by atoms with Crippen molar-refractivity contribution >= 4 is 23.0 Å². The Morgan fingerprint density at radius 2 is 1.55 bits per heavy atom. The molecule has 0 aliphatic heterocycles. The molecule has 0 atom stereocenters. The third-order valence-electron chi connectivity index (χ3n) is 4.11. The molecule has 0 amide bonds. The molecule has 0 saturated heterocycles. The number of aryl methyl sites for hydroxylation is 2. The number of hydrogen-bond acceptors (Lipinski definition) is 1. The summed E-state index contributed by atoms with van der Waals surface area (Å²) in [6, 6.07) is 6.45. The van der Waals surface area contributed by atoms with Gasteiger partial charge in [-0.3, -0.25) is 0 Å². The zero-order valence-electron chi connectivity index (χ0n) is 14.7. The molecule has 124 valence electrons. The van der Waals surface area contributed by atoms with Gasteiger partial charge in [0.25, 0.3) is 0 Å². The van der Waals surface area contributed by atoms with Crippen LogP contribution in [0.2, 0.25) is 0 Å². The third-order valence-corrected chi connectivity index (χ3v) is 4.47. The molecule has 1 N–H and O–H groups in total. The van der Waals surface area contributed by atoms with Crippen molar-refractivity contribution in [3.63, 3.8) is 0 Å². The molecule has 0 heterocycles. The molecule has 0 aliphatic rings. The summed E-state index contributed by atoms with van der Waals surface area (Å²) in [5.74, 6) is 0. The first-order chi connectivity index (χ1) is 10.6. The van der Waals surface area contributed by atoms with E-state index >= 15 is 0 Å². The first-order valence-corrected chi connectivity index (χ1v) is 9.12. The van der Waals surface area contributed by atoms with Gasteiger partial charge in [0.05, 0.1) is 0 Å². The van der Waals surface area contributed by atoms with Gasteiger partial charge in [-0.25, -0.2) is 0 Å². The Morgan fingerprint density at radius 3 is 2.05 bits per heavy atom. The average molecular weight is 321 g/mol. The van der Waals surface area contributed by atoms with Crippen LogP contribution in [0.4, 0.5) is 5.69 Å². The summed E-state index contributed by atoms with van der Waals surface area (Å²) in [5, 5.41) is 4.29. The summed E-state index contributed by atoms with van der Waals surface area (Å²) in [7, 11) is 0. The van der Waals surface area contributed by atoms with Gasteiger partial charge in [-0.1, -0.05) is 45.6 Å². The quantitative estimate of drug-likeness (QED) is 0.465. The second-order valence-corrected chi connectivity index (χ2v) is 6.52. The monoisotopic (exact) mass is 320 g/mol. The van der Waals surface area contributed by atoms with E-state index in [0.29, 0.717) is 0 Å². The van der Waals surface area contributed by atoms with Crippen molar-refractivity contribution in [3.8, 4) is 0 Å². The van der Waals surface area contributed by atoms with Crippen molar-refractivity contribution < 1.29 is 0 Å². The minimum absolute atomic E-state index is 0.871. The fourth-order valence-electron chi connectivity index (χ4n) is 2.44. The predicted octanol–water partition coefficient (Wildman–Crippen LogP) is 5.68. The van der Waals surface area contributed by atoms with E-state index < -0.39 is 0 Å². The molecule has 3 heteroatoms. The SMILES string of the molecule is CCCCCN(CCCCC)C(=S)Nc1ccc(C)c(C)c1. The van der Waals surface area contributed by atoms with Crippen LogP contribution in [0.25, 0.3) is 0 Å². The lowest BCUT2D eigenvalue weighted by molar-refractivity contribution is 0.395. The zero-order chi connectivity index (χ0) is 16.4. The largest absolute Gasteiger partial charge is 0.349 e. The van der Waals surface area contributed by atoms with Crippen molar-refractivity contribution in [1.82, 2.24) is 4.90 Å². The Balaban J connectivity index is 2.61. The molecule has 1 rings (SSSR count). The second kappa shape index (κ2) is 10.6. The maximum Gasteiger partial charge on any atom is 0.173 e. The van der Waals surface area contributed by atoms with Gasteiger partial charge in [-0.15, -0.1) is 0 Å². The van der Waals surface area contributed by atoms with Crippen LogP contribution in [-0.2, 0) is 0 Å². The number of rotatable bonds is 9. The van der Waals surface area contributed by atoms with Crippen LogP contribution in [0.5, 0.6) is 0 Å². The molecule has 1 aromatic carbocycles. The molecule has 0 aliphatic carbocycles. The highest BCUT2D eigenvalue weighted by molar-refractivity contribution is 7.80. The van der Waals surface area contributed by atoms with E-state index in [9.17, 15) is 0 Å². The molecule has 0 unspecified atom stereocenters. The number of benzene rings is 1. The number of hydrogen-bond donors (Lipinski definition) is 1. The van der Waals surface area contributed by atoms with Crippen LogP contribution >= 0.6 is 12.2 Å². The highest BCUT2D eigenvalue weighted by Gasteiger charge is 2.09.